The number of nitrogens with zero attached hydrogens (tertiary/aromatic N) is 1. The van der Waals surface area contributed by atoms with Crippen LogP contribution in [0.4, 0.5) is 0 Å². The molecule has 0 spiro atoms. The molecule has 14 heavy (non-hydrogen) atoms. The van der Waals surface area contributed by atoms with Gasteiger partial charge in [-0.3, -0.25) is 0 Å². The number of rotatable bonds is 5. The van der Waals surface area contributed by atoms with Crippen LogP contribution in [0.15, 0.2) is 24.3 Å². The molecule has 1 rings (SSSR count). The number of hydrogen-bond donors (Lipinski definition) is 0. The molecule has 0 saturated carbocycles. The first-order valence-electron chi connectivity index (χ1n) is 5.52. The van der Waals surface area contributed by atoms with E-state index in [0.29, 0.717) is 0 Å². The van der Waals surface area contributed by atoms with E-state index in [1.807, 2.05) is 0 Å². The molecule has 0 atom stereocenters. The van der Waals surface area contributed by atoms with Crippen LogP contribution in [0.1, 0.15) is 31.4 Å². The van der Waals surface area contributed by atoms with E-state index in [1.54, 1.807) is 0 Å². The van der Waals surface area contributed by atoms with Gasteiger partial charge in [-0.1, -0.05) is 38.1 Å². The molecule has 0 N–H and O–H groups in total. The lowest BCUT2D eigenvalue weighted by Gasteiger charge is -2.15. The fourth-order valence-electron chi connectivity index (χ4n) is 1.65. The van der Waals surface area contributed by atoms with Gasteiger partial charge in [-0.25, -0.2) is 0 Å². The highest BCUT2D eigenvalue weighted by Gasteiger charge is 1.98. The lowest BCUT2D eigenvalue weighted by atomic mass is 10.1. The van der Waals surface area contributed by atoms with Crippen LogP contribution in [-0.4, -0.2) is 18.5 Å². The SMILES string of the molecule is CCCN(C)Cc1ccc(CC)cc1. The number of hydrogen-bond acceptors (Lipinski definition) is 1. The van der Waals surface area contributed by atoms with Gasteiger partial charge < -0.3 is 4.90 Å². The van der Waals surface area contributed by atoms with Crippen LogP contribution < -0.4 is 0 Å². The molecule has 0 heterocycles. The molecule has 0 aromatic heterocycles. The summed E-state index contributed by atoms with van der Waals surface area (Å²) in [5.41, 5.74) is 2.84. The quantitative estimate of drug-likeness (QED) is 0.691. The van der Waals surface area contributed by atoms with E-state index in [9.17, 15) is 0 Å². The summed E-state index contributed by atoms with van der Waals surface area (Å²) < 4.78 is 0. The fourth-order valence-corrected chi connectivity index (χ4v) is 1.65. The third kappa shape index (κ3) is 3.51. The van der Waals surface area contributed by atoms with Gasteiger partial charge >= 0.3 is 0 Å². The summed E-state index contributed by atoms with van der Waals surface area (Å²) in [5.74, 6) is 0. The van der Waals surface area contributed by atoms with E-state index in [0.717, 1.165) is 13.0 Å². The van der Waals surface area contributed by atoms with Crippen LogP contribution in [0.25, 0.3) is 0 Å². The first-order valence-corrected chi connectivity index (χ1v) is 5.52. The minimum absolute atomic E-state index is 1.07. The van der Waals surface area contributed by atoms with E-state index in [-0.39, 0.29) is 0 Å². The summed E-state index contributed by atoms with van der Waals surface area (Å²) >= 11 is 0. The van der Waals surface area contributed by atoms with Crippen LogP contribution in [0.5, 0.6) is 0 Å². The third-order valence-corrected chi connectivity index (χ3v) is 2.49. The van der Waals surface area contributed by atoms with Gasteiger partial charge in [-0.15, -0.1) is 0 Å². The zero-order chi connectivity index (χ0) is 10.4. The monoisotopic (exact) mass is 191 g/mol. The zero-order valence-electron chi connectivity index (χ0n) is 9.59. The lowest BCUT2D eigenvalue weighted by molar-refractivity contribution is 0.327. The Kier molecular flexibility index (Phi) is 4.68. The minimum Gasteiger partial charge on any atom is -0.302 e. The molecule has 1 heteroatoms. The Labute approximate surface area is 87.7 Å². The van der Waals surface area contributed by atoms with Crippen molar-refractivity contribution in [2.75, 3.05) is 13.6 Å². The van der Waals surface area contributed by atoms with Crippen molar-refractivity contribution < 1.29 is 0 Å². The van der Waals surface area contributed by atoms with Crippen molar-refractivity contribution >= 4 is 0 Å². The van der Waals surface area contributed by atoms with Crippen LogP contribution in [0, 0.1) is 0 Å². The van der Waals surface area contributed by atoms with Crippen molar-refractivity contribution in [3.63, 3.8) is 0 Å². The van der Waals surface area contributed by atoms with Gasteiger partial charge in [0.05, 0.1) is 0 Å². The predicted molar refractivity (Wildman–Crippen MR) is 62.4 cm³/mol. The Balaban J connectivity index is 2.50. The summed E-state index contributed by atoms with van der Waals surface area (Å²) in [6.07, 6.45) is 2.36. The van der Waals surface area contributed by atoms with Gasteiger partial charge in [-0.05, 0) is 37.6 Å². The molecule has 0 fully saturated rings. The Morgan fingerprint density at radius 3 is 2.07 bits per heavy atom. The number of aryl methyl sites for hydroxylation is 1. The van der Waals surface area contributed by atoms with E-state index in [4.69, 9.17) is 0 Å². The molecule has 0 radical (unpaired) electrons. The maximum Gasteiger partial charge on any atom is 0.0230 e. The van der Waals surface area contributed by atoms with Crippen molar-refractivity contribution in [1.29, 1.82) is 0 Å². The average molecular weight is 191 g/mol. The van der Waals surface area contributed by atoms with E-state index in [2.05, 4.69) is 50.1 Å². The molecule has 1 aromatic carbocycles. The summed E-state index contributed by atoms with van der Waals surface area (Å²) in [7, 11) is 2.18. The molecule has 0 bridgehead atoms. The maximum absolute atomic E-state index is 2.36. The first-order chi connectivity index (χ1) is 6.76. The normalized spacial score (nSPS) is 10.9. The largest absolute Gasteiger partial charge is 0.302 e. The molecule has 78 valence electrons. The van der Waals surface area contributed by atoms with Crippen molar-refractivity contribution in [1.82, 2.24) is 4.90 Å². The molecule has 0 amide bonds. The second-order valence-corrected chi connectivity index (χ2v) is 3.91. The smallest absolute Gasteiger partial charge is 0.0230 e. The summed E-state index contributed by atoms with van der Waals surface area (Å²) in [4.78, 5) is 2.36. The van der Waals surface area contributed by atoms with Crippen molar-refractivity contribution in [2.24, 2.45) is 0 Å². The van der Waals surface area contributed by atoms with Gasteiger partial charge in [0.1, 0.15) is 0 Å². The molecule has 1 nitrogen and oxygen atoms in total. The fraction of sp³-hybridized carbons (Fsp3) is 0.538. The van der Waals surface area contributed by atoms with Gasteiger partial charge in [0, 0.05) is 6.54 Å². The molecule has 0 aliphatic heterocycles. The molecule has 0 saturated heterocycles. The molecular weight excluding hydrogens is 170 g/mol. The van der Waals surface area contributed by atoms with Gasteiger partial charge in [-0.2, -0.15) is 0 Å². The highest BCUT2D eigenvalue weighted by molar-refractivity contribution is 5.22. The molecular formula is C13H21N. The van der Waals surface area contributed by atoms with Crippen LogP contribution >= 0.6 is 0 Å². The van der Waals surface area contributed by atoms with Crippen molar-refractivity contribution in [3.8, 4) is 0 Å². The van der Waals surface area contributed by atoms with Crippen molar-refractivity contribution in [2.45, 2.75) is 33.2 Å². The summed E-state index contributed by atoms with van der Waals surface area (Å²) in [5, 5.41) is 0. The lowest BCUT2D eigenvalue weighted by Crippen LogP contribution is -2.18. The Bertz CT molecular complexity index is 250. The summed E-state index contributed by atoms with van der Waals surface area (Å²) in [6, 6.07) is 8.94. The predicted octanol–water partition coefficient (Wildman–Crippen LogP) is 3.09. The standard InChI is InChI=1S/C13H21N/c1-4-10-14(3)11-13-8-6-12(5-2)7-9-13/h6-9H,4-5,10-11H2,1-3H3. The topological polar surface area (TPSA) is 3.24 Å². The number of benzene rings is 1. The maximum atomic E-state index is 2.36. The second-order valence-electron chi connectivity index (χ2n) is 3.91. The van der Waals surface area contributed by atoms with Crippen LogP contribution in [-0.2, 0) is 13.0 Å². The zero-order valence-corrected chi connectivity index (χ0v) is 9.59. The van der Waals surface area contributed by atoms with E-state index >= 15 is 0 Å². The van der Waals surface area contributed by atoms with E-state index < -0.39 is 0 Å². The molecule has 0 aliphatic rings. The Morgan fingerprint density at radius 2 is 1.57 bits per heavy atom. The van der Waals surface area contributed by atoms with Gasteiger partial charge in [0.25, 0.3) is 0 Å². The average Bonchev–Trinajstić information content (AvgIpc) is 2.19. The summed E-state index contributed by atoms with van der Waals surface area (Å²) in [6.45, 7) is 6.66. The molecule has 1 aromatic rings. The van der Waals surface area contributed by atoms with Crippen LogP contribution in [0.3, 0.4) is 0 Å². The van der Waals surface area contributed by atoms with Gasteiger partial charge in [0.15, 0.2) is 0 Å². The highest BCUT2D eigenvalue weighted by Crippen LogP contribution is 2.07. The molecule has 0 unspecified atom stereocenters. The van der Waals surface area contributed by atoms with E-state index in [1.165, 1.54) is 24.1 Å². The first kappa shape index (κ1) is 11.3. The van der Waals surface area contributed by atoms with Crippen LogP contribution in [0.2, 0.25) is 0 Å². The molecule has 0 aliphatic carbocycles. The Morgan fingerprint density at radius 1 is 1.00 bits per heavy atom. The Hall–Kier alpha value is -0.820. The second kappa shape index (κ2) is 5.82. The minimum atomic E-state index is 1.07. The van der Waals surface area contributed by atoms with Gasteiger partial charge in [0.2, 0.25) is 0 Å². The van der Waals surface area contributed by atoms with Crippen molar-refractivity contribution in [3.05, 3.63) is 35.4 Å². The highest BCUT2D eigenvalue weighted by atomic mass is 15.1. The third-order valence-electron chi connectivity index (χ3n) is 2.49.